The van der Waals surface area contributed by atoms with E-state index in [0.717, 1.165) is 61.4 Å². The molecule has 0 amide bonds. The number of piperazine rings is 1. The van der Waals surface area contributed by atoms with Crippen LogP contribution in [0.4, 0.5) is 4.39 Å². The van der Waals surface area contributed by atoms with Crippen LogP contribution in [0, 0.1) is 5.82 Å². The maximum atomic E-state index is 13.0. The molecule has 0 aromatic heterocycles. The van der Waals surface area contributed by atoms with E-state index < -0.39 is 0 Å². The third kappa shape index (κ3) is 5.79. The summed E-state index contributed by atoms with van der Waals surface area (Å²) in [4.78, 5) is 4.92. The maximum Gasteiger partial charge on any atom is 0.123 e. The van der Waals surface area contributed by atoms with Crippen molar-refractivity contribution in [3.63, 3.8) is 0 Å². The molecule has 0 radical (unpaired) electrons. The van der Waals surface area contributed by atoms with E-state index in [1.165, 1.54) is 17.7 Å². The normalized spacial score (nSPS) is 16.0. The quantitative estimate of drug-likeness (QED) is 0.661. The van der Waals surface area contributed by atoms with Crippen molar-refractivity contribution in [3.8, 4) is 5.75 Å². The van der Waals surface area contributed by atoms with E-state index in [0.29, 0.717) is 6.61 Å². The van der Waals surface area contributed by atoms with Gasteiger partial charge in [-0.2, -0.15) is 0 Å². The largest absolute Gasteiger partial charge is 0.489 e. The molecular weight excluding hydrogens is 395 g/mol. The second-order valence-corrected chi connectivity index (χ2v) is 7.83. The Bertz CT molecular complexity index is 700. The summed E-state index contributed by atoms with van der Waals surface area (Å²) in [6.45, 7) is 6.20. The lowest BCUT2D eigenvalue weighted by molar-refractivity contribution is 0.153. The lowest BCUT2D eigenvalue weighted by Crippen LogP contribution is -2.44. The molecular formula is C21H26BrFN2O. The highest BCUT2D eigenvalue weighted by Gasteiger charge is 2.13. The summed E-state index contributed by atoms with van der Waals surface area (Å²) < 4.78 is 20.1. The number of hydrogen-bond donors (Lipinski definition) is 0. The van der Waals surface area contributed by atoms with Gasteiger partial charge < -0.3 is 14.5 Å². The summed E-state index contributed by atoms with van der Waals surface area (Å²) in [5.41, 5.74) is 2.19. The van der Waals surface area contributed by atoms with Gasteiger partial charge in [-0.3, -0.25) is 0 Å². The second kappa shape index (κ2) is 9.49. The van der Waals surface area contributed by atoms with Gasteiger partial charge in [0, 0.05) is 30.7 Å². The minimum atomic E-state index is -0.220. The molecule has 0 N–H and O–H groups in total. The molecule has 1 fully saturated rings. The SMILES string of the molecule is CN1CCN(CCCc2cc(Br)ccc2OCc2ccc(F)cc2)CC1. The molecule has 0 saturated carbocycles. The van der Waals surface area contributed by atoms with E-state index in [1.54, 1.807) is 12.1 Å². The molecule has 3 nitrogen and oxygen atoms in total. The fourth-order valence-corrected chi connectivity index (χ4v) is 3.60. The molecule has 1 aliphatic rings. The average molecular weight is 421 g/mol. The molecule has 5 heteroatoms. The highest BCUT2D eigenvalue weighted by Crippen LogP contribution is 2.25. The molecule has 3 rings (SSSR count). The predicted octanol–water partition coefficient (Wildman–Crippen LogP) is 4.35. The number of benzene rings is 2. The van der Waals surface area contributed by atoms with Crippen LogP contribution in [0.1, 0.15) is 17.5 Å². The number of nitrogens with zero attached hydrogens (tertiary/aromatic N) is 2. The zero-order valence-corrected chi connectivity index (χ0v) is 16.8. The molecule has 1 saturated heterocycles. The molecule has 0 bridgehead atoms. The fourth-order valence-electron chi connectivity index (χ4n) is 3.19. The summed E-state index contributed by atoms with van der Waals surface area (Å²) in [7, 11) is 2.18. The van der Waals surface area contributed by atoms with E-state index in [-0.39, 0.29) is 5.82 Å². The van der Waals surface area contributed by atoms with Crippen LogP contribution in [0.15, 0.2) is 46.9 Å². The highest BCUT2D eigenvalue weighted by molar-refractivity contribution is 9.10. The van der Waals surface area contributed by atoms with Crippen LogP contribution in [0.2, 0.25) is 0 Å². The summed E-state index contributed by atoms with van der Waals surface area (Å²) in [6.07, 6.45) is 2.11. The van der Waals surface area contributed by atoms with E-state index in [9.17, 15) is 4.39 Å². The lowest BCUT2D eigenvalue weighted by atomic mass is 10.1. The molecule has 2 aromatic carbocycles. The number of hydrogen-bond acceptors (Lipinski definition) is 3. The molecule has 140 valence electrons. The highest BCUT2D eigenvalue weighted by atomic mass is 79.9. The topological polar surface area (TPSA) is 15.7 Å². The standard InChI is InChI=1S/C21H26BrFN2O/c1-24-11-13-25(14-12-24)10-2-3-18-15-19(22)6-9-21(18)26-16-17-4-7-20(23)8-5-17/h4-9,15H,2-3,10-14,16H2,1H3. The van der Waals surface area contributed by atoms with Gasteiger partial charge in [0.25, 0.3) is 0 Å². The van der Waals surface area contributed by atoms with E-state index in [1.807, 2.05) is 12.1 Å². The van der Waals surface area contributed by atoms with Crippen LogP contribution in [-0.2, 0) is 13.0 Å². The first-order valence-corrected chi connectivity index (χ1v) is 9.96. The lowest BCUT2D eigenvalue weighted by Gasteiger charge is -2.32. The molecule has 1 heterocycles. The van der Waals surface area contributed by atoms with E-state index in [2.05, 4.69) is 38.8 Å². The van der Waals surface area contributed by atoms with Crippen LogP contribution < -0.4 is 4.74 Å². The van der Waals surface area contributed by atoms with Crippen molar-refractivity contribution >= 4 is 15.9 Å². The van der Waals surface area contributed by atoms with Crippen molar-refractivity contribution in [1.82, 2.24) is 9.80 Å². The Balaban J connectivity index is 1.54. The molecule has 26 heavy (non-hydrogen) atoms. The molecule has 0 aliphatic carbocycles. The van der Waals surface area contributed by atoms with Crippen molar-refractivity contribution in [2.75, 3.05) is 39.8 Å². The van der Waals surface area contributed by atoms with Crippen molar-refractivity contribution in [1.29, 1.82) is 0 Å². The van der Waals surface area contributed by atoms with Crippen molar-refractivity contribution in [3.05, 3.63) is 63.9 Å². The van der Waals surface area contributed by atoms with Crippen molar-refractivity contribution in [2.24, 2.45) is 0 Å². The summed E-state index contributed by atoms with van der Waals surface area (Å²) >= 11 is 3.56. The van der Waals surface area contributed by atoms with Gasteiger partial charge in [0.2, 0.25) is 0 Å². The monoisotopic (exact) mass is 420 g/mol. The molecule has 0 unspecified atom stereocenters. The number of aryl methyl sites for hydroxylation is 1. The minimum Gasteiger partial charge on any atom is -0.489 e. The van der Waals surface area contributed by atoms with Gasteiger partial charge in [-0.25, -0.2) is 4.39 Å². The zero-order valence-electron chi connectivity index (χ0n) is 15.3. The van der Waals surface area contributed by atoms with E-state index >= 15 is 0 Å². The van der Waals surface area contributed by atoms with Crippen LogP contribution in [0.25, 0.3) is 0 Å². The van der Waals surface area contributed by atoms with E-state index in [4.69, 9.17) is 4.74 Å². The number of rotatable bonds is 7. The Hall–Kier alpha value is -1.43. The van der Waals surface area contributed by atoms with Crippen LogP contribution >= 0.6 is 15.9 Å². The molecule has 1 aliphatic heterocycles. The first-order chi connectivity index (χ1) is 12.6. The molecule has 2 aromatic rings. The first kappa shape index (κ1) is 19.3. The number of halogens is 2. The first-order valence-electron chi connectivity index (χ1n) is 9.17. The Morgan fingerprint density at radius 1 is 1.04 bits per heavy atom. The van der Waals surface area contributed by atoms with Crippen molar-refractivity contribution < 1.29 is 9.13 Å². The van der Waals surface area contributed by atoms with Gasteiger partial charge in [-0.15, -0.1) is 0 Å². The summed E-state index contributed by atoms with van der Waals surface area (Å²) in [5.74, 6) is 0.692. The van der Waals surface area contributed by atoms with Gasteiger partial charge in [0.1, 0.15) is 18.2 Å². The van der Waals surface area contributed by atoms with Gasteiger partial charge >= 0.3 is 0 Å². The smallest absolute Gasteiger partial charge is 0.123 e. The predicted molar refractivity (Wildman–Crippen MR) is 107 cm³/mol. The molecule has 0 atom stereocenters. The second-order valence-electron chi connectivity index (χ2n) is 6.92. The molecule has 0 spiro atoms. The van der Waals surface area contributed by atoms with Gasteiger partial charge in [-0.1, -0.05) is 28.1 Å². The van der Waals surface area contributed by atoms with Gasteiger partial charge in [0.15, 0.2) is 0 Å². The Morgan fingerprint density at radius 2 is 1.77 bits per heavy atom. The summed E-state index contributed by atoms with van der Waals surface area (Å²) in [6, 6.07) is 12.6. The minimum absolute atomic E-state index is 0.220. The van der Waals surface area contributed by atoms with Crippen molar-refractivity contribution in [2.45, 2.75) is 19.4 Å². The Labute approximate surface area is 163 Å². The number of likely N-dealkylation sites (N-methyl/N-ethyl adjacent to an activating group) is 1. The van der Waals surface area contributed by atoms with Crippen LogP contribution in [0.3, 0.4) is 0 Å². The zero-order chi connectivity index (χ0) is 18.4. The maximum absolute atomic E-state index is 13.0. The summed E-state index contributed by atoms with van der Waals surface area (Å²) in [5, 5.41) is 0. The van der Waals surface area contributed by atoms with Crippen LogP contribution in [0.5, 0.6) is 5.75 Å². The fraction of sp³-hybridized carbons (Fsp3) is 0.429. The third-order valence-electron chi connectivity index (χ3n) is 4.85. The average Bonchev–Trinajstić information content (AvgIpc) is 2.64. The Kier molecular flexibility index (Phi) is 7.06. The Morgan fingerprint density at radius 3 is 2.50 bits per heavy atom. The van der Waals surface area contributed by atoms with Gasteiger partial charge in [0.05, 0.1) is 0 Å². The third-order valence-corrected chi connectivity index (χ3v) is 5.34. The number of ether oxygens (including phenoxy) is 1. The van der Waals surface area contributed by atoms with Gasteiger partial charge in [-0.05, 0) is 67.9 Å². The van der Waals surface area contributed by atoms with Crippen LogP contribution in [-0.4, -0.2) is 49.6 Å².